The van der Waals surface area contributed by atoms with Gasteiger partial charge in [-0.15, -0.1) is 12.4 Å². The quantitative estimate of drug-likeness (QED) is 0.659. The van der Waals surface area contributed by atoms with Gasteiger partial charge in [0.2, 0.25) is 0 Å². The summed E-state index contributed by atoms with van der Waals surface area (Å²) in [7, 11) is 0. The summed E-state index contributed by atoms with van der Waals surface area (Å²) in [5.74, 6) is 0.215. The number of nitrogens with zero attached hydrogens (tertiary/aromatic N) is 2. The third-order valence-electron chi connectivity index (χ3n) is 5.63. The van der Waals surface area contributed by atoms with E-state index in [0.29, 0.717) is 11.5 Å². The Morgan fingerprint density at radius 1 is 1.07 bits per heavy atom. The average Bonchev–Trinajstić information content (AvgIpc) is 3.18. The van der Waals surface area contributed by atoms with Crippen LogP contribution in [-0.2, 0) is 0 Å². The Hall–Kier alpha value is -2.63. The van der Waals surface area contributed by atoms with Gasteiger partial charge in [0.25, 0.3) is 5.91 Å². The Kier molecular flexibility index (Phi) is 6.72. The smallest absolute Gasteiger partial charge is 0.259 e. The van der Waals surface area contributed by atoms with Gasteiger partial charge in [-0.25, -0.2) is 4.68 Å². The molecule has 1 amide bonds. The molecule has 2 heterocycles. The number of anilines is 1. The van der Waals surface area contributed by atoms with Crippen LogP contribution in [0.1, 0.15) is 45.9 Å². The fourth-order valence-corrected chi connectivity index (χ4v) is 3.87. The van der Waals surface area contributed by atoms with E-state index in [-0.39, 0.29) is 18.3 Å². The molecule has 5 nitrogen and oxygen atoms in total. The number of nitrogens with one attached hydrogen (secondary N) is 2. The molecule has 1 aliphatic rings. The second-order valence-corrected chi connectivity index (χ2v) is 7.42. The van der Waals surface area contributed by atoms with Gasteiger partial charge in [0.1, 0.15) is 0 Å². The van der Waals surface area contributed by atoms with Crippen LogP contribution in [0.25, 0.3) is 5.69 Å². The molecule has 1 fully saturated rings. The van der Waals surface area contributed by atoms with Gasteiger partial charge in [-0.05, 0) is 69.1 Å². The van der Waals surface area contributed by atoms with E-state index in [4.69, 9.17) is 0 Å². The number of carbonyl (C=O) groups excluding carboxylic acids is 1. The van der Waals surface area contributed by atoms with Crippen molar-refractivity contribution >= 4 is 24.0 Å². The lowest BCUT2D eigenvalue weighted by molar-refractivity contribution is 0.102. The number of hydrogen-bond donors (Lipinski definition) is 2. The van der Waals surface area contributed by atoms with E-state index in [2.05, 4.69) is 28.7 Å². The first kappa shape index (κ1) is 21.1. The highest BCUT2D eigenvalue weighted by Gasteiger charge is 2.27. The van der Waals surface area contributed by atoms with Crippen molar-refractivity contribution in [2.24, 2.45) is 0 Å². The summed E-state index contributed by atoms with van der Waals surface area (Å²) in [6.45, 7) is 6.01. The average molecular weight is 411 g/mol. The summed E-state index contributed by atoms with van der Waals surface area (Å²) in [5.41, 5.74) is 5.77. The van der Waals surface area contributed by atoms with E-state index in [1.54, 1.807) is 6.20 Å². The van der Waals surface area contributed by atoms with Gasteiger partial charge < -0.3 is 10.6 Å². The van der Waals surface area contributed by atoms with Crippen molar-refractivity contribution in [1.82, 2.24) is 15.1 Å². The molecule has 4 rings (SSSR count). The number of halogens is 1. The van der Waals surface area contributed by atoms with Crippen LogP contribution in [0, 0.1) is 13.8 Å². The van der Waals surface area contributed by atoms with E-state index < -0.39 is 0 Å². The lowest BCUT2D eigenvalue weighted by atomic mass is 9.91. The summed E-state index contributed by atoms with van der Waals surface area (Å²) in [6.07, 6.45) is 3.72. The summed E-state index contributed by atoms with van der Waals surface area (Å²) < 4.78 is 1.94. The van der Waals surface area contributed by atoms with Crippen LogP contribution >= 0.6 is 12.4 Å². The van der Waals surface area contributed by atoms with Gasteiger partial charge in [0, 0.05) is 11.6 Å². The fourth-order valence-electron chi connectivity index (χ4n) is 3.87. The lowest BCUT2D eigenvalue weighted by Gasteiger charge is -2.24. The number of aromatic nitrogens is 2. The molecule has 1 saturated heterocycles. The predicted molar refractivity (Wildman–Crippen MR) is 120 cm³/mol. The van der Waals surface area contributed by atoms with Crippen LogP contribution in [-0.4, -0.2) is 28.8 Å². The highest BCUT2D eigenvalue weighted by atomic mass is 35.5. The summed E-state index contributed by atoms with van der Waals surface area (Å²) in [6, 6.07) is 16.0. The molecule has 1 aromatic heterocycles. The van der Waals surface area contributed by atoms with Crippen molar-refractivity contribution in [1.29, 1.82) is 0 Å². The van der Waals surface area contributed by atoms with Crippen molar-refractivity contribution in [2.75, 3.05) is 18.4 Å². The number of para-hydroxylation sites is 1. The topological polar surface area (TPSA) is 59.0 Å². The largest absolute Gasteiger partial charge is 0.322 e. The number of carbonyl (C=O) groups is 1. The van der Waals surface area contributed by atoms with Crippen molar-refractivity contribution in [2.45, 2.75) is 32.6 Å². The summed E-state index contributed by atoms with van der Waals surface area (Å²) >= 11 is 0. The number of benzene rings is 2. The monoisotopic (exact) mass is 410 g/mol. The molecule has 0 saturated carbocycles. The van der Waals surface area contributed by atoms with Crippen molar-refractivity contribution in [3.63, 3.8) is 0 Å². The van der Waals surface area contributed by atoms with Gasteiger partial charge in [-0.1, -0.05) is 30.3 Å². The van der Waals surface area contributed by atoms with E-state index in [1.807, 2.05) is 54.1 Å². The molecule has 3 aromatic rings. The molecule has 2 aromatic carbocycles. The van der Waals surface area contributed by atoms with Gasteiger partial charge >= 0.3 is 0 Å². The van der Waals surface area contributed by atoms with Crippen LogP contribution in [0.5, 0.6) is 0 Å². The molecular weight excluding hydrogens is 384 g/mol. The Bertz CT molecular complexity index is 978. The van der Waals surface area contributed by atoms with E-state index in [0.717, 1.165) is 54.1 Å². The number of piperidine rings is 1. The molecule has 1 aliphatic heterocycles. The third-order valence-corrected chi connectivity index (χ3v) is 5.63. The predicted octanol–water partition coefficient (Wildman–Crippen LogP) is 4.63. The van der Waals surface area contributed by atoms with E-state index in [9.17, 15) is 4.79 Å². The molecule has 2 N–H and O–H groups in total. The highest BCUT2D eigenvalue weighted by molar-refractivity contribution is 6.05. The number of amides is 1. The van der Waals surface area contributed by atoms with E-state index >= 15 is 0 Å². The minimum atomic E-state index is -0.0931. The molecule has 0 radical (unpaired) electrons. The number of hydrogen-bond acceptors (Lipinski definition) is 3. The van der Waals surface area contributed by atoms with Gasteiger partial charge in [0.15, 0.2) is 0 Å². The maximum Gasteiger partial charge on any atom is 0.259 e. The molecule has 0 spiro atoms. The van der Waals surface area contributed by atoms with Crippen molar-refractivity contribution < 1.29 is 4.79 Å². The molecule has 0 aliphatic carbocycles. The zero-order valence-corrected chi connectivity index (χ0v) is 17.6. The van der Waals surface area contributed by atoms with Crippen LogP contribution in [0.3, 0.4) is 0 Å². The van der Waals surface area contributed by atoms with Crippen molar-refractivity contribution in [3.8, 4) is 5.69 Å². The zero-order valence-electron chi connectivity index (χ0n) is 16.8. The van der Waals surface area contributed by atoms with E-state index in [1.165, 1.54) is 0 Å². The summed E-state index contributed by atoms with van der Waals surface area (Å²) in [4.78, 5) is 13.2. The maximum atomic E-state index is 13.2. The number of rotatable bonds is 4. The molecular formula is C23H27ClN4O. The summed E-state index contributed by atoms with van der Waals surface area (Å²) in [5, 5.41) is 11.1. The molecule has 0 bridgehead atoms. The standard InChI is InChI=1S/C23H26N4O.ClH/c1-16-7-6-10-21(17(16)2)26-23(28)20-15-25-27(19-8-4-3-5-9-19)22(20)18-11-13-24-14-12-18;/h3-10,15,18,24H,11-14H2,1-2H3,(H,26,28);1H. The Labute approximate surface area is 177 Å². The Morgan fingerprint density at radius 2 is 1.79 bits per heavy atom. The first-order valence-corrected chi connectivity index (χ1v) is 9.87. The highest BCUT2D eigenvalue weighted by Crippen LogP contribution is 2.31. The van der Waals surface area contributed by atoms with Crippen LogP contribution in [0.4, 0.5) is 5.69 Å². The normalized spacial score (nSPS) is 14.3. The fraction of sp³-hybridized carbons (Fsp3) is 0.304. The first-order valence-electron chi connectivity index (χ1n) is 9.87. The second kappa shape index (κ2) is 9.25. The van der Waals surface area contributed by atoms with Crippen LogP contribution in [0.15, 0.2) is 54.7 Å². The Balaban J connectivity index is 0.00000240. The minimum Gasteiger partial charge on any atom is -0.322 e. The van der Waals surface area contributed by atoms with Gasteiger partial charge in [-0.3, -0.25) is 4.79 Å². The van der Waals surface area contributed by atoms with Gasteiger partial charge in [0.05, 0.1) is 23.1 Å². The zero-order chi connectivity index (χ0) is 19.5. The Morgan fingerprint density at radius 3 is 2.52 bits per heavy atom. The number of aryl methyl sites for hydroxylation is 1. The van der Waals surface area contributed by atoms with Crippen molar-refractivity contribution in [3.05, 3.63) is 77.1 Å². The minimum absolute atomic E-state index is 0. The maximum absolute atomic E-state index is 13.2. The molecule has 0 unspecified atom stereocenters. The first-order chi connectivity index (χ1) is 13.6. The molecule has 0 atom stereocenters. The molecule has 152 valence electrons. The SMILES string of the molecule is Cc1cccc(NC(=O)c2cnn(-c3ccccc3)c2C2CCNCC2)c1C.Cl. The van der Waals surface area contributed by atoms with Crippen LogP contribution < -0.4 is 10.6 Å². The molecule has 6 heteroatoms. The molecule has 29 heavy (non-hydrogen) atoms. The second-order valence-electron chi connectivity index (χ2n) is 7.42. The van der Waals surface area contributed by atoms with Crippen LogP contribution in [0.2, 0.25) is 0 Å². The van der Waals surface area contributed by atoms with Gasteiger partial charge in [-0.2, -0.15) is 5.10 Å². The third kappa shape index (κ3) is 4.36. The lowest BCUT2D eigenvalue weighted by Crippen LogP contribution is -2.29.